The number of hydrogen-bond donors (Lipinski definition) is 1. The largest absolute Gasteiger partial charge is 0.494 e. The third kappa shape index (κ3) is 2.62. The first kappa shape index (κ1) is 13.3. The van der Waals surface area contributed by atoms with Crippen molar-refractivity contribution in [2.45, 2.75) is 0 Å². The normalized spacial score (nSPS) is 10.8. The minimum Gasteiger partial charge on any atom is -0.494 e. The Balaban J connectivity index is 1.90. The number of hydrogen-bond acceptors (Lipinski definition) is 4. The zero-order chi connectivity index (χ0) is 14.1. The molecule has 2 aromatic carbocycles. The Bertz CT molecular complexity index is 775. The maximum Gasteiger partial charge on any atom is 0.188 e. The van der Waals surface area contributed by atoms with Gasteiger partial charge in [0.1, 0.15) is 0 Å². The van der Waals surface area contributed by atoms with E-state index >= 15 is 0 Å². The summed E-state index contributed by atoms with van der Waals surface area (Å²) < 4.78 is 20.6. The lowest BCUT2D eigenvalue weighted by Gasteiger charge is -2.05. The molecule has 0 spiro atoms. The second kappa shape index (κ2) is 5.38. The van der Waals surface area contributed by atoms with Crippen molar-refractivity contribution in [1.29, 1.82) is 0 Å². The molecular formula is C14H10BrFN2OS. The summed E-state index contributed by atoms with van der Waals surface area (Å²) in [7, 11) is 1.44. The number of ether oxygens (including phenoxy) is 1. The molecule has 1 aromatic heterocycles. The summed E-state index contributed by atoms with van der Waals surface area (Å²) in [6.45, 7) is 0. The molecule has 0 fully saturated rings. The lowest BCUT2D eigenvalue weighted by atomic mass is 10.3. The van der Waals surface area contributed by atoms with Crippen LogP contribution in [0.15, 0.2) is 40.9 Å². The lowest BCUT2D eigenvalue weighted by Crippen LogP contribution is -1.92. The second-order valence-corrected chi connectivity index (χ2v) is 6.05. The molecule has 102 valence electrons. The fourth-order valence-electron chi connectivity index (χ4n) is 1.82. The fourth-order valence-corrected chi connectivity index (χ4v) is 3.26. The lowest BCUT2D eigenvalue weighted by molar-refractivity contribution is 0.386. The minimum atomic E-state index is -0.402. The Morgan fingerprint density at radius 2 is 2.10 bits per heavy atom. The van der Waals surface area contributed by atoms with E-state index in [9.17, 15) is 4.39 Å². The van der Waals surface area contributed by atoms with Gasteiger partial charge in [-0.1, -0.05) is 27.3 Å². The van der Waals surface area contributed by atoms with E-state index in [-0.39, 0.29) is 5.75 Å². The molecule has 0 radical (unpaired) electrons. The molecule has 1 heterocycles. The summed E-state index contributed by atoms with van der Waals surface area (Å²) in [6, 6.07) is 10.6. The third-order valence-electron chi connectivity index (χ3n) is 2.75. The number of thiazole rings is 1. The SMILES string of the molecule is COc1ccc(Nc2nc3ccc(Br)cc3s2)cc1F. The van der Waals surface area contributed by atoms with Gasteiger partial charge in [0.15, 0.2) is 16.7 Å². The number of aromatic nitrogens is 1. The highest BCUT2D eigenvalue weighted by molar-refractivity contribution is 9.10. The first-order valence-corrected chi connectivity index (χ1v) is 7.43. The zero-order valence-corrected chi connectivity index (χ0v) is 12.9. The molecule has 6 heteroatoms. The maximum absolute atomic E-state index is 13.6. The molecule has 1 N–H and O–H groups in total. The first-order chi connectivity index (χ1) is 9.65. The van der Waals surface area contributed by atoms with Crippen LogP contribution in [0, 0.1) is 5.82 Å². The van der Waals surface area contributed by atoms with E-state index < -0.39 is 5.82 Å². The summed E-state index contributed by atoms with van der Waals surface area (Å²) in [5, 5.41) is 3.83. The predicted octanol–water partition coefficient (Wildman–Crippen LogP) is 4.95. The van der Waals surface area contributed by atoms with E-state index in [1.807, 2.05) is 18.2 Å². The van der Waals surface area contributed by atoms with Crippen molar-refractivity contribution in [3.8, 4) is 5.75 Å². The molecule has 0 saturated heterocycles. The average molecular weight is 353 g/mol. The van der Waals surface area contributed by atoms with E-state index in [1.165, 1.54) is 24.5 Å². The molecule has 0 aliphatic carbocycles. The molecule has 0 bridgehead atoms. The minimum absolute atomic E-state index is 0.226. The Hall–Kier alpha value is -1.66. The van der Waals surface area contributed by atoms with Crippen molar-refractivity contribution >= 4 is 48.3 Å². The van der Waals surface area contributed by atoms with Crippen molar-refractivity contribution in [2.75, 3.05) is 12.4 Å². The van der Waals surface area contributed by atoms with Gasteiger partial charge in [-0.2, -0.15) is 0 Å². The molecule has 0 amide bonds. The summed E-state index contributed by atoms with van der Waals surface area (Å²) in [5.41, 5.74) is 1.55. The van der Waals surface area contributed by atoms with E-state index in [4.69, 9.17) is 4.74 Å². The smallest absolute Gasteiger partial charge is 0.188 e. The molecular weight excluding hydrogens is 343 g/mol. The van der Waals surface area contributed by atoms with Crippen molar-refractivity contribution in [3.05, 3.63) is 46.7 Å². The predicted molar refractivity (Wildman–Crippen MR) is 83.6 cm³/mol. The van der Waals surface area contributed by atoms with E-state index in [1.54, 1.807) is 12.1 Å². The second-order valence-electron chi connectivity index (χ2n) is 4.11. The standard InChI is InChI=1S/C14H10BrFN2OS/c1-19-12-5-3-9(7-10(12)16)17-14-18-11-4-2-8(15)6-13(11)20-14/h2-7H,1H3,(H,17,18). The topological polar surface area (TPSA) is 34.1 Å². The number of rotatable bonds is 3. The zero-order valence-electron chi connectivity index (χ0n) is 10.5. The first-order valence-electron chi connectivity index (χ1n) is 5.82. The van der Waals surface area contributed by atoms with Crippen LogP contribution in [-0.4, -0.2) is 12.1 Å². The number of benzene rings is 2. The van der Waals surface area contributed by atoms with Crippen molar-refractivity contribution in [3.63, 3.8) is 0 Å². The fraction of sp³-hybridized carbons (Fsp3) is 0.0714. The van der Waals surface area contributed by atoms with E-state index in [0.29, 0.717) is 5.69 Å². The molecule has 3 nitrogen and oxygen atoms in total. The number of anilines is 2. The summed E-state index contributed by atoms with van der Waals surface area (Å²) >= 11 is 4.95. The molecule has 0 aliphatic rings. The van der Waals surface area contributed by atoms with Crippen molar-refractivity contribution < 1.29 is 9.13 Å². The molecule has 0 unspecified atom stereocenters. The van der Waals surface area contributed by atoms with Gasteiger partial charge in [-0.05, 0) is 30.3 Å². The average Bonchev–Trinajstić information content (AvgIpc) is 2.80. The van der Waals surface area contributed by atoms with Crippen molar-refractivity contribution in [2.24, 2.45) is 0 Å². The van der Waals surface area contributed by atoms with Gasteiger partial charge in [0, 0.05) is 16.2 Å². The number of nitrogens with zero attached hydrogens (tertiary/aromatic N) is 1. The van der Waals surface area contributed by atoms with Crippen LogP contribution in [-0.2, 0) is 0 Å². The van der Waals surface area contributed by atoms with Crippen LogP contribution in [0.4, 0.5) is 15.2 Å². The molecule has 20 heavy (non-hydrogen) atoms. The molecule has 3 rings (SSSR count). The Morgan fingerprint density at radius 1 is 1.25 bits per heavy atom. The van der Waals surface area contributed by atoms with Crippen molar-refractivity contribution in [1.82, 2.24) is 4.98 Å². The van der Waals surface area contributed by atoms with Crippen LogP contribution < -0.4 is 10.1 Å². The highest BCUT2D eigenvalue weighted by atomic mass is 79.9. The Morgan fingerprint density at radius 3 is 2.85 bits per heavy atom. The highest BCUT2D eigenvalue weighted by Gasteiger charge is 2.07. The van der Waals surface area contributed by atoms with Crippen LogP contribution >= 0.6 is 27.3 Å². The van der Waals surface area contributed by atoms with Crippen LogP contribution in [0.25, 0.3) is 10.2 Å². The molecule has 3 aromatic rings. The monoisotopic (exact) mass is 352 g/mol. The van der Waals surface area contributed by atoms with E-state index in [0.717, 1.165) is 19.8 Å². The molecule has 0 saturated carbocycles. The van der Waals surface area contributed by atoms with Gasteiger partial charge < -0.3 is 10.1 Å². The number of fused-ring (bicyclic) bond motifs is 1. The molecule has 0 aliphatic heterocycles. The Kier molecular flexibility index (Phi) is 3.58. The van der Waals surface area contributed by atoms with Crippen LogP contribution in [0.1, 0.15) is 0 Å². The summed E-state index contributed by atoms with van der Waals surface area (Å²) in [5.74, 6) is -0.176. The number of halogens is 2. The van der Waals surface area contributed by atoms with Crippen LogP contribution in [0.3, 0.4) is 0 Å². The highest BCUT2D eigenvalue weighted by Crippen LogP contribution is 2.31. The van der Waals surface area contributed by atoms with Gasteiger partial charge in [-0.25, -0.2) is 9.37 Å². The van der Waals surface area contributed by atoms with Gasteiger partial charge in [0.05, 0.1) is 17.3 Å². The van der Waals surface area contributed by atoms with Crippen LogP contribution in [0.5, 0.6) is 5.75 Å². The van der Waals surface area contributed by atoms with Gasteiger partial charge in [-0.3, -0.25) is 0 Å². The van der Waals surface area contributed by atoms with Crippen LogP contribution in [0.2, 0.25) is 0 Å². The quantitative estimate of drug-likeness (QED) is 0.723. The summed E-state index contributed by atoms with van der Waals surface area (Å²) in [4.78, 5) is 4.45. The van der Waals surface area contributed by atoms with Gasteiger partial charge in [-0.15, -0.1) is 0 Å². The Labute approximate surface area is 127 Å². The van der Waals surface area contributed by atoms with E-state index in [2.05, 4.69) is 26.2 Å². The van der Waals surface area contributed by atoms with Gasteiger partial charge >= 0.3 is 0 Å². The van der Waals surface area contributed by atoms with Gasteiger partial charge in [0.25, 0.3) is 0 Å². The maximum atomic E-state index is 13.6. The third-order valence-corrected chi connectivity index (χ3v) is 4.18. The summed E-state index contributed by atoms with van der Waals surface area (Å²) in [6.07, 6.45) is 0. The van der Waals surface area contributed by atoms with Gasteiger partial charge in [0.2, 0.25) is 0 Å². The number of methoxy groups -OCH3 is 1. The number of nitrogens with one attached hydrogen (secondary N) is 1. The molecule has 0 atom stereocenters.